The van der Waals surface area contributed by atoms with E-state index in [9.17, 15) is 4.79 Å². The predicted molar refractivity (Wildman–Crippen MR) is 65.3 cm³/mol. The van der Waals surface area contributed by atoms with Gasteiger partial charge in [-0.1, -0.05) is 0 Å². The summed E-state index contributed by atoms with van der Waals surface area (Å²) in [5, 5.41) is 2.95. The van der Waals surface area contributed by atoms with Gasteiger partial charge in [0.2, 0.25) is 11.9 Å². The van der Waals surface area contributed by atoms with Crippen LogP contribution in [0, 0.1) is 0 Å². The van der Waals surface area contributed by atoms with Crippen molar-refractivity contribution in [3.63, 3.8) is 0 Å². The van der Waals surface area contributed by atoms with Crippen LogP contribution in [0.5, 0.6) is 0 Å². The van der Waals surface area contributed by atoms with Crippen molar-refractivity contribution in [2.45, 2.75) is 13.3 Å². The molecule has 7 heteroatoms. The fourth-order valence-electron chi connectivity index (χ4n) is 1.55. The van der Waals surface area contributed by atoms with E-state index in [1.54, 1.807) is 0 Å². The molecule has 1 fully saturated rings. The Bertz CT molecular complexity index is 263. The molecule has 98 valence electrons. The number of nitrogens with zero attached hydrogens (tertiary/aromatic N) is 2. The number of morpholine rings is 1. The lowest BCUT2D eigenvalue weighted by Crippen LogP contribution is -2.42. The summed E-state index contributed by atoms with van der Waals surface area (Å²) in [5.41, 5.74) is 2.45. The van der Waals surface area contributed by atoms with Gasteiger partial charge in [-0.15, -0.1) is 0 Å². The lowest BCUT2D eigenvalue weighted by molar-refractivity contribution is -0.135. The third-order valence-corrected chi connectivity index (χ3v) is 2.44. The molecule has 1 saturated heterocycles. The zero-order valence-electron chi connectivity index (χ0n) is 10.2. The van der Waals surface area contributed by atoms with Gasteiger partial charge in [-0.25, -0.2) is 5.84 Å². The van der Waals surface area contributed by atoms with Gasteiger partial charge in [0.05, 0.1) is 19.8 Å². The first-order valence-electron chi connectivity index (χ1n) is 5.88. The SMILES string of the molecule is CCNC(=NCCC(=O)N1CCOCC1)NN. The Labute approximate surface area is 101 Å². The molecule has 4 N–H and O–H groups in total. The van der Waals surface area contributed by atoms with Crippen molar-refractivity contribution in [3.05, 3.63) is 0 Å². The number of hydrogen-bond acceptors (Lipinski definition) is 4. The highest BCUT2D eigenvalue weighted by molar-refractivity contribution is 5.80. The molecule has 7 nitrogen and oxygen atoms in total. The zero-order chi connectivity index (χ0) is 12.5. The molecule has 17 heavy (non-hydrogen) atoms. The number of carbonyl (C=O) groups is 1. The lowest BCUT2D eigenvalue weighted by Gasteiger charge is -2.26. The van der Waals surface area contributed by atoms with Crippen LogP contribution in [0.3, 0.4) is 0 Å². The van der Waals surface area contributed by atoms with Crippen LogP contribution in [0.25, 0.3) is 0 Å². The average Bonchev–Trinajstić information content (AvgIpc) is 2.38. The van der Waals surface area contributed by atoms with Gasteiger partial charge in [-0.05, 0) is 6.92 Å². The molecule has 0 unspecified atom stereocenters. The van der Waals surface area contributed by atoms with Gasteiger partial charge in [0.15, 0.2) is 0 Å². The second-order valence-electron chi connectivity index (χ2n) is 3.65. The van der Waals surface area contributed by atoms with Crippen molar-refractivity contribution in [3.8, 4) is 0 Å². The number of nitrogens with two attached hydrogens (primary N) is 1. The van der Waals surface area contributed by atoms with Crippen LogP contribution in [0.15, 0.2) is 4.99 Å². The summed E-state index contributed by atoms with van der Waals surface area (Å²) in [4.78, 5) is 17.7. The predicted octanol–water partition coefficient (Wildman–Crippen LogP) is -1.34. The number of hydrazine groups is 1. The monoisotopic (exact) mass is 243 g/mol. The van der Waals surface area contributed by atoms with Crippen molar-refractivity contribution in [2.75, 3.05) is 39.4 Å². The van der Waals surface area contributed by atoms with E-state index in [-0.39, 0.29) is 5.91 Å². The number of aliphatic imine (C=N–C) groups is 1. The van der Waals surface area contributed by atoms with Crippen LogP contribution >= 0.6 is 0 Å². The number of hydrogen-bond donors (Lipinski definition) is 3. The van der Waals surface area contributed by atoms with Crippen LogP contribution in [-0.4, -0.2) is 56.2 Å². The molecule has 0 radical (unpaired) electrons. The number of carbonyl (C=O) groups excluding carboxylic acids is 1. The van der Waals surface area contributed by atoms with Crippen molar-refractivity contribution in [1.82, 2.24) is 15.6 Å². The Morgan fingerprint density at radius 2 is 2.18 bits per heavy atom. The number of ether oxygens (including phenoxy) is 1. The maximum absolute atomic E-state index is 11.8. The highest BCUT2D eigenvalue weighted by Crippen LogP contribution is 2.00. The Hall–Kier alpha value is -1.34. The van der Waals surface area contributed by atoms with E-state index in [1.807, 2.05) is 11.8 Å². The molecule has 1 rings (SSSR count). The van der Waals surface area contributed by atoms with E-state index in [2.05, 4.69) is 15.7 Å². The molecule has 0 aromatic carbocycles. The summed E-state index contributed by atoms with van der Waals surface area (Å²) in [7, 11) is 0. The van der Waals surface area contributed by atoms with Crippen LogP contribution in [-0.2, 0) is 9.53 Å². The third-order valence-electron chi connectivity index (χ3n) is 2.44. The van der Waals surface area contributed by atoms with Gasteiger partial charge in [-0.3, -0.25) is 15.2 Å². The fraction of sp³-hybridized carbons (Fsp3) is 0.800. The van der Waals surface area contributed by atoms with E-state index in [4.69, 9.17) is 10.6 Å². The van der Waals surface area contributed by atoms with Crippen LogP contribution in [0.1, 0.15) is 13.3 Å². The van der Waals surface area contributed by atoms with E-state index in [0.29, 0.717) is 45.2 Å². The first kappa shape index (κ1) is 13.7. The molecule has 0 saturated carbocycles. The van der Waals surface area contributed by atoms with Gasteiger partial charge in [0, 0.05) is 26.1 Å². The van der Waals surface area contributed by atoms with Crippen molar-refractivity contribution in [1.29, 1.82) is 0 Å². The lowest BCUT2D eigenvalue weighted by atomic mass is 10.3. The molecule has 0 aliphatic carbocycles. The number of amides is 1. The number of guanidine groups is 1. The van der Waals surface area contributed by atoms with Gasteiger partial charge in [-0.2, -0.15) is 0 Å². The smallest absolute Gasteiger partial charge is 0.224 e. The summed E-state index contributed by atoms with van der Waals surface area (Å²) >= 11 is 0. The molecule has 1 aliphatic rings. The highest BCUT2D eigenvalue weighted by Gasteiger charge is 2.15. The Balaban J connectivity index is 2.26. The van der Waals surface area contributed by atoms with Crippen molar-refractivity contribution >= 4 is 11.9 Å². The topological polar surface area (TPSA) is 92.0 Å². The molecule has 1 aliphatic heterocycles. The van der Waals surface area contributed by atoms with E-state index >= 15 is 0 Å². The maximum Gasteiger partial charge on any atom is 0.224 e. The summed E-state index contributed by atoms with van der Waals surface area (Å²) in [6, 6.07) is 0. The maximum atomic E-state index is 11.8. The summed E-state index contributed by atoms with van der Waals surface area (Å²) in [6.45, 7) is 5.73. The second-order valence-corrected chi connectivity index (χ2v) is 3.65. The minimum Gasteiger partial charge on any atom is -0.378 e. The number of nitrogens with one attached hydrogen (secondary N) is 2. The molecular weight excluding hydrogens is 222 g/mol. The van der Waals surface area contributed by atoms with Gasteiger partial charge in [0.1, 0.15) is 0 Å². The molecule has 1 heterocycles. The fourth-order valence-corrected chi connectivity index (χ4v) is 1.55. The minimum atomic E-state index is 0.116. The Morgan fingerprint density at radius 1 is 1.47 bits per heavy atom. The first-order chi connectivity index (χ1) is 8.27. The quantitative estimate of drug-likeness (QED) is 0.246. The highest BCUT2D eigenvalue weighted by atomic mass is 16.5. The normalized spacial score (nSPS) is 16.8. The molecular formula is C10H21N5O2. The summed E-state index contributed by atoms with van der Waals surface area (Å²) in [5.74, 6) is 5.90. The molecule has 1 amide bonds. The van der Waals surface area contributed by atoms with E-state index in [1.165, 1.54) is 0 Å². The largest absolute Gasteiger partial charge is 0.378 e. The standard InChI is InChI=1S/C10H21N5O2/c1-2-12-10(14-11)13-4-3-9(16)15-5-7-17-8-6-15/h2-8,11H2,1H3,(H2,12,13,14). The van der Waals surface area contributed by atoms with E-state index < -0.39 is 0 Å². The number of rotatable bonds is 4. The van der Waals surface area contributed by atoms with Crippen LogP contribution in [0.2, 0.25) is 0 Å². The third kappa shape index (κ3) is 5.01. The zero-order valence-corrected chi connectivity index (χ0v) is 10.2. The molecule has 0 atom stereocenters. The van der Waals surface area contributed by atoms with Crippen LogP contribution < -0.4 is 16.6 Å². The van der Waals surface area contributed by atoms with E-state index in [0.717, 1.165) is 6.54 Å². The van der Waals surface area contributed by atoms with Crippen molar-refractivity contribution < 1.29 is 9.53 Å². The summed E-state index contributed by atoms with van der Waals surface area (Å²) < 4.78 is 5.18. The summed E-state index contributed by atoms with van der Waals surface area (Å²) in [6.07, 6.45) is 0.399. The molecule has 0 spiro atoms. The van der Waals surface area contributed by atoms with Gasteiger partial charge >= 0.3 is 0 Å². The molecule has 0 aromatic heterocycles. The average molecular weight is 243 g/mol. The van der Waals surface area contributed by atoms with Crippen molar-refractivity contribution in [2.24, 2.45) is 10.8 Å². The molecule has 0 aromatic rings. The Kier molecular flexibility index (Phi) is 6.34. The second kappa shape index (κ2) is 7.86. The Morgan fingerprint density at radius 3 is 2.76 bits per heavy atom. The van der Waals surface area contributed by atoms with Gasteiger partial charge < -0.3 is 15.0 Å². The van der Waals surface area contributed by atoms with Gasteiger partial charge in [0.25, 0.3) is 0 Å². The van der Waals surface area contributed by atoms with Crippen LogP contribution in [0.4, 0.5) is 0 Å². The minimum absolute atomic E-state index is 0.116. The molecule has 0 bridgehead atoms. The first-order valence-corrected chi connectivity index (χ1v) is 5.88.